The molecular weight excluding hydrogens is 412 g/mol. The Morgan fingerprint density at radius 1 is 0.733 bits per heavy atom. The summed E-state index contributed by atoms with van der Waals surface area (Å²) < 4.78 is 1.83. The van der Waals surface area contributed by atoms with Crippen LogP contribution in [0.4, 0.5) is 0 Å². The Bertz CT molecular complexity index is 1030. The van der Waals surface area contributed by atoms with E-state index in [-0.39, 0.29) is 5.04 Å². The van der Waals surface area contributed by atoms with Crippen LogP contribution in [-0.2, 0) is 16.6 Å². The topological polar surface area (TPSA) is 0 Å². The molecule has 0 amide bonds. The van der Waals surface area contributed by atoms with Gasteiger partial charge in [-0.1, -0.05) is 0 Å². The molecule has 2 aromatic rings. The molecule has 2 atom stereocenters. The van der Waals surface area contributed by atoms with Gasteiger partial charge in [0, 0.05) is 0 Å². The fourth-order valence-corrected chi connectivity index (χ4v) is 18.6. The van der Waals surface area contributed by atoms with Gasteiger partial charge in [-0.15, -0.1) is 0 Å². The molecule has 0 bridgehead atoms. The molecule has 0 radical (unpaired) electrons. The van der Waals surface area contributed by atoms with Crippen LogP contribution in [0, 0.1) is 20.8 Å². The van der Waals surface area contributed by atoms with Crippen LogP contribution in [0.2, 0.25) is 27.3 Å². The Kier molecular flexibility index (Phi) is 6.09. The number of rotatable bonds is 4. The van der Waals surface area contributed by atoms with Gasteiger partial charge in [0.1, 0.15) is 0 Å². The number of benzene rings is 2. The SMILES string of the molecule is CC1=C(C)C(C)([Si](C)(c2ccccc2)c2cc(C)c(C)c(C)c2)[C]([Ti]([CH3])([CH3])[CH3])=C1C. The van der Waals surface area contributed by atoms with Gasteiger partial charge in [0.15, 0.2) is 0 Å². The van der Waals surface area contributed by atoms with Crippen molar-refractivity contribution in [2.75, 3.05) is 0 Å². The Morgan fingerprint density at radius 3 is 1.70 bits per heavy atom. The second-order valence-electron chi connectivity index (χ2n) is 10.9. The molecule has 0 aromatic heterocycles. The molecule has 0 nitrogen and oxygen atoms in total. The Morgan fingerprint density at radius 2 is 1.23 bits per heavy atom. The second-order valence-corrected chi connectivity index (χ2v) is 23.1. The maximum absolute atomic E-state index is 2.65. The maximum atomic E-state index is 2.65. The predicted molar refractivity (Wildman–Crippen MR) is 135 cm³/mol. The molecule has 2 unspecified atom stereocenters. The molecule has 1 aliphatic carbocycles. The summed E-state index contributed by atoms with van der Waals surface area (Å²) in [6.45, 7) is 19.3. The predicted octanol–water partition coefficient (Wildman–Crippen LogP) is 7.49. The molecule has 1 aliphatic rings. The van der Waals surface area contributed by atoms with Gasteiger partial charge in [0.2, 0.25) is 0 Å². The molecule has 0 N–H and O–H groups in total. The van der Waals surface area contributed by atoms with Crippen LogP contribution in [0.3, 0.4) is 0 Å². The van der Waals surface area contributed by atoms with Crippen molar-refractivity contribution in [1.82, 2.24) is 0 Å². The van der Waals surface area contributed by atoms with Gasteiger partial charge in [0.05, 0.1) is 0 Å². The van der Waals surface area contributed by atoms with E-state index in [1.165, 1.54) is 16.7 Å². The van der Waals surface area contributed by atoms with Gasteiger partial charge in [-0.2, -0.15) is 0 Å². The van der Waals surface area contributed by atoms with Crippen LogP contribution < -0.4 is 10.4 Å². The fourth-order valence-electron chi connectivity index (χ4n) is 6.18. The molecule has 0 fully saturated rings. The van der Waals surface area contributed by atoms with E-state index in [1.807, 2.05) is 3.88 Å². The third kappa shape index (κ3) is 3.29. The van der Waals surface area contributed by atoms with Gasteiger partial charge in [-0.05, 0) is 0 Å². The van der Waals surface area contributed by atoms with E-state index in [0.717, 1.165) is 0 Å². The molecule has 2 aromatic carbocycles. The van der Waals surface area contributed by atoms with Gasteiger partial charge in [-0.25, -0.2) is 0 Å². The summed E-state index contributed by atoms with van der Waals surface area (Å²) in [6.07, 6.45) is 0. The Labute approximate surface area is 189 Å². The van der Waals surface area contributed by atoms with Crippen LogP contribution in [0.1, 0.15) is 44.4 Å². The molecule has 30 heavy (non-hydrogen) atoms. The van der Waals surface area contributed by atoms with Crippen LogP contribution in [0.25, 0.3) is 0 Å². The van der Waals surface area contributed by atoms with Gasteiger partial charge >= 0.3 is 191 Å². The first-order chi connectivity index (χ1) is 13.8. The first-order valence-corrected chi connectivity index (χ1v) is 19.3. The molecule has 0 aliphatic heterocycles. The standard InChI is InChI=1S/C25H31Si.3CH3.Ti/c1-17-14-24(15-18(2)20(17)4)26(8,23-12-10-9-11-13-23)25(7)16-19(3)21(5)22(25)6;;;;/h9-15H,1-8H3;3*1H3;. The molecule has 0 spiro atoms. The van der Waals surface area contributed by atoms with Gasteiger partial charge < -0.3 is 0 Å². The first-order valence-electron chi connectivity index (χ1n) is 11.3. The zero-order valence-electron chi connectivity index (χ0n) is 21.0. The Hall–Kier alpha value is -1.15. The molecule has 160 valence electrons. The second kappa shape index (κ2) is 7.77. The normalized spacial score (nSPS) is 22.0. The van der Waals surface area contributed by atoms with Crippen molar-refractivity contribution in [1.29, 1.82) is 0 Å². The minimum absolute atomic E-state index is 0.120. The zero-order valence-corrected chi connectivity index (χ0v) is 23.6. The molecule has 0 saturated carbocycles. The molecule has 0 heterocycles. The number of hydrogen-bond donors (Lipinski definition) is 0. The van der Waals surface area contributed by atoms with Crippen molar-refractivity contribution >= 4 is 18.4 Å². The zero-order chi connectivity index (χ0) is 22.6. The van der Waals surface area contributed by atoms with E-state index in [2.05, 4.69) is 113 Å². The average Bonchev–Trinajstić information content (AvgIpc) is 2.86. The number of hydrogen-bond acceptors (Lipinski definition) is 0. The number of aryl methyl sites for hydroxylation is 2. The van der Waals surface area contributed by atoms with Crippen molar-refractivity contribution in [3.8, 4) is 0 Å². The summed E-state index contributed by atoms with van der Waals surface area (Å²) in [5.41, 5.74) is 9.05. The molecule has 2 heteroatoms. The van der Waals surface area contributed by atoms with Crippen LogP contribution >= 0.6 is 0 Å². The fraction of sp³-hybridized carbons (Fsp3) is 0.429. The van der Waals surface area contributed by atoms with E-state index < -0.39 is 24.7 Å². The van der Waals surface area contributed by atoms with Crippen LogP contribution in [-0.4, -0.2) is 8.07 Å². The van der Waals surface area contributed by atoms with Crippen molar-refractivity contribution in [3.05, 3.63) is 79.8 Å². The molecular formula is C28H40SiTi. The summed E-state index contributed by atoms with van der Waals surface area (Å²) in [5.74, 6) is 0. The quantitative estimate of drug-likeness (QED) is 0.422. The van der Waals surface area contributed by atoms with E-state index >= 15 is 0 Å². The summed E-state index contributed by atoms with van der Waals surface area (Å²) in [7, 11) is -2.17. The van der Waals surface area contributed by atoms with E-state index in [4.69, 9.17) is 0 Å². The number of allylic oxidation sites excluding steroid dienone is 4. The van der Waals surface area contributed by atoms with E-state index in [9.17, 15) is 0 Å². The van der Waals surface area contributed by atoms with Crippen LogP contribution in [0.15, 0.2) is 63.1 Å². The first kappa shape index (κ1) is 23.5. The summed E-state index contributed by atoms with van der Waals surface area (Å²) in [6, 6.07) is 16.5. The summed E-state index contributed by atoms with van der Waals surface area (Å²) in [5, 5.41) is 11.0. The minimum atomic E-state index is -2.17. The van der Waals surface area contributed by atoms with Crippen molar-refractivity contribution in [3.63, 3.8) is 0 Å². The third-order valence-electron chi connectivity index (χ3n) is 8.36. The average molecular weight is 453 g/mol. The monoisotopic (exact) mass is 452 g/mol. The molecule has 3 rings (SSSR count). The van der Waals surface area contributed by atoms with Crippen molar-refractivity contribution in [2.45, 2.75) is 75.7 Å². The van der Waals surface area contributed by atoms with Gasteiger partial charge in [-0.3, -0.25) is 0 Å². The van der Waals surface area contributed by atoms with Crippen molar-refractivity contribution < 1.29 is 16.6 Å². The van der Waals surface area contributed by atoms with Gasteiger partial charge in [0.25, 0.3) is 0 Å². The third-order valence-corrected chi connectivity index (χ3v) is 18.0. The van der Waals surface area contributed by atoms with E-state index in [0.29, 0.717) is 0 Å². The Balaban J connectivity index is 2.49. The summed E-state index contributed by atoms with van der Waals surface area (Å²) in [4.78, 5) is 0. The molecule has 0 saturated heterocycles. The van der Waals surface area contributed by atoms with E-state index in [1.54, 1.807) is 27.1 Å². The van der Waals surface area contributed by atoms with Crippen molar-refractivity contribution in [2.24, 2.45) is 0 Å². The summed E-state index contributed by atoms with van der Waals surface area (Å²) >= 11 is -2.13. The van der Waals surface area contributed by atoms with Crippen LogP contribution in [0.5, 0.6) is 0 Å².